The normalized spacial score (nSPS) is 10.5. The molecule has 0 saturated heterocycles. The van der Waals surface area contributed by atoms with Crippen LogP contribution in [0.2, 0.25) is 0 Å². The van der Waals surface area contributed by atoms with Crippen molar-refractivity contribution in [3.8, 4) is 17.2 Å². The number of rotatable bonds is 4. The predicted molar refractivity (Wildman–Crippen MR) is 77.7 cm³/mol. The molecule has 0 aliphatic carbocycles. The van der Waals surface area contributed by atoms with Gasteiger partial charge in [-0.25, -0.2) is 4.98 Å². The zero-order valence-corrected chi connectivity index (χ0v) is 11.5. The van der Waals surface area contributed by atoms with Crippen LogP contribution in [0.25, 0.3) is 11.5 Å². The second-order valence-electron chi connectivity index (χ2n) is 4.52. The molecule has 0 unspecified atom stereocenters. The van der Waals surface area contributed by atoms with Gasteiger partial charge in [0.1, 0.15) is 11.6 Å². The lowest BCUT2D eigenvalue weighted by Crippen LogP contribution is -1.92. The summed E-state index contributed by atoms with van der Waals surface area (Å²) in [4.78, 5) is 8.37. The van der Waals surface area contributed by atoms with Gasteiger partial charge in [0.25, 0.3) is 5.89 Å². The van der Waals surface area contributed by atoms with Crippen molar-refractivity contribution in [2.75, 3.05) is 12.8 Å². The van der Waals surface area contributed by atoms with Crippen molar-refractivity contribution >= 4 is 5.82 Å². The standard InChI is InChI=1S/C15H14N4O2/c1-20-12-4-2-3-10(7-12)8-14-18-15(21-19-14)11-5-6-13(16)17-9-11/h2-7,9H,8H2,1H3,(H2,16,17). The van der Waals surface area contributed by atoms with E-state index in [1.807, 2.05) is 24.3 Å². The van der Waals surface area contributed by atoms with Crippen LogP contribution in [0.3, 0.4) is 0 Å². The Hall–Kier alpha value is -2.89. The number of benzene rings is 1. The maximum atomic E-state index is 5.55. The van der Waals surface area contributed by atoms with Gasteiger partial charge in [-0.1, -0.05) is 17.3 Å². The molecule has 0 saturated carbocycles. The van der Waals surface area contributed by atoms with Crippen LogP contribution in [0.4, 0.5) is 5.82 Å². The Balaban J connectivity index is 1.80. The summed E-state index contributed by atoms with van der Waals surface area (Å²) in [5, 5.41) is 3.98. The lowest BCUT2D eigenvalue weighted by Gasteiger charge is -2.01. The number of methoxy groups -OCH3 is 1. The van der Waals surface area contributed by atoms with Gasteiger partial charge in [0, 0.05) is 12.6 Å². The van der Waals surface area contributed by atoms with Crippen molar-refractivity contribution in [2.24, 2.45) is 0 Å². The molecule has 21 heavy (non-hydrogen) atoms. The van der Waals surface area contributed by atoms with E-state index in [0.29, 0.717) is 24.0 Å². The molecule has 0 aliphatic heterocycles. The van der Waals surface area contributed by atoms with Crippen molar-refractivity contribution in [3.05, 3.63) is 54.0 Å². The first-order valence-electron chi connectivity index (χ1n) is 6.42. The predicted octanol–water partition coefficient (Wildman–Crippen LogP) is 2.31. The van der Waals surface area contributed by atoms with Crippen LogP contribution in [0.1, 0.15) is 11.4 Å². The van der Waals surface area contributed by atoms with Crippen LogP contribution in [0, 0.1) is 0 Å². The second kappa shape index (κ2) is 5.62. The molecular formula is C15H14N4O2. The summed E-state index contributed by atoms with van der Waals surface area (Å²) in [7, 11) is 1.64. The van der Waals surface area contributed by atoms with Crippen molar-refractivity contribution in [1.29, 1.82) is 0 Å². The third-order valence-corrected chi connectivity index (χ3v) is 3.00. The quantitative estimate of drug-likeness (QED) is 0.790. The molecule has 0 radical (unpaired) electrons. The van der Waals surface area contributed by atoms with Crippen molar-refractivity contribution in [3.63, 3.8) is 0 Å². The van der Waals surface area contributed by atoms with Gasteiger partial charge in [0.05, 0.1) is 12.7 Å². The van der Waals surface area contributed by atoms with Gasteiger partial charge in [0.2, 0.25) is 0 Å². The molecule has 2 heterocycles. The first-order chi connectivity index (χ1) is 10.2. The minimum atomic E-state index is 0.431. The van der Waals surface area contributed by atoms with E-state index in [4.69, 9.17) is 15.0 Å². The molecular weight excluding hydrogens is 268 g/mol. The molecule has 0 aliphatic rings. The minimum absolute atomic E-state index is 0.431. The summed E-state index contributed by atoms with van der Waals surface area (Å²) in [6, 6.07) is 11.3. The highest BCUT2D eigenvalue weighted by atomic mass is 16.5. The lowest BCUT2D eigenvalue weighted by atomic mass is 10.1. The number of nitrogens with two attached hydrogens (primary N) is 1. The molecule has 0 atom stereocenters. The average Bonchev–Trinajstić information content (AvgIpc) is 2.96. The molecule has 0 amide bonds. The molecule has 0 fully saturated rings. The number of nitrogen functional groups attached to an aromatic ring is 1. The highest BCUT2D eigenvalue weighted by Gasteiger charge is 2.10. The Labute approximate surface area is 121 Å². The molecule has 2 N–H and O–H groups in total. The number of hydrogen-bond acceptors (Lipinski definition) is 6. The maximum Gasteiger partial charge on any atom is 0.259 e. The first-order valence-corrected chi connectivity index (χ1v) is 6.42. The summed E-state index contributed by atoms with van der Waals surface area (Å²) in [5.41, 5.74) is 7.35. The molecule has 2 aromatic heterocycles. The summed E-state index contributed by atoms with van der Waals surface area (Å²) < 4.78 is 10.4. The molecule has 3 rings (SSSR count). The maximum absolute atomic E-state index is 5.55. The summed E-state index contributed by atoms with van der Waals surface area (Å²) in [5.74, 6) is 2.30. The molecule has 0 bridgehead atoms. The zero-order chi connectivity index (χ0) is 14.7. The second-order valence-corrected chi connectivity index (χ2v) is 4.52. The Kier molecular flexibility index (Phi) is 3.51. The van der Waals surface area contributed by atoms with E-state index in [1.54, 1.807) is 25.4 Å². The van der Waals surface area contributed by atoms with Gasteiger partial charge in [0.15, 0.2) is 5.82 Å². The highest BCUT2D eigenvalue weighted by molar-refractivity contribution is 5.53. The van der Waals surface area contributed by atoms with Crippen LogP contribution in [0.5, 0.6) is 5.75 Å². The lowest BCUT2D eigenvalue weighted by molar-refractivity contribution is 0.414. The van der Waals surface area contributed by atoms with Gasteiger partial charge in [-0.3, -0.25) is 0 Å². The fourth-order valence-electron chi connectivity index (χ4n) is 1.94. The third kappa shape index (κ3) is 3.00. The Morgan fingerprint density at radius 2 is 2.14 bits per heavy atom. The highest BCUT2D eigenvalue weighted by Crippen LogP contribution is 2.19. The molecule has 6 heteroatoms. The van der Waals surface area contributed by atoms with Crippen molar-refractivity contribution < 1.29 is 9.26 Å². The van der Waals surface area contributed by atoms with Gasteiger partial charge in [-0.05, 0) is 29.8 Å². The van der Waals surface area contributed by atoms with Crippen molar-refractivity contribution in [1.82, 2.24) is 15.1 Å². The molecule has 106 valence electrons. The number of ether oxygens (including phenoxy) is 1. The number of anilines is 1. The van der Waals surface area contributed by atoms with Gasteiger partial charge in [-0.2, -0.15) is 4.98 Å². The number of aromatic nitrogens is 3. The third-order valence-electron chi connectivity index (χ3n) is 3.00. The van der Waals surface area contributed by atoms with Crippen LogP contribution in [-0.4, -0.2) is 22.2 Å². The van der Waals surface area contributed by atoms with Crippen LogP contribution in [-0.2, 0) is 6.42 Å². The smallest absolute Gasteiger partial charge is 0.259 e. The van der Waals surface area contributed by atoms with Crippen LogP contribution < -0.4 is 10.5 Å². The van der Waals surface area contributed by atoms with E-state index >= 15 is 0 Å². The monoisotopic (exact) mass is 282 g/mol. The van der Waals surface area contributed by atoms with Crippen LogP contribution in [0.15, 0.2) is 47.1 Å². The molecule has 6 nitrogen and oxygen atoms in total. The molecule has 0 spiro atoms. The SMILES string of the molecule is COc1cccc(Cc2noc(-c3ccc(N)nc3)n2)c1. The first kappa shape index (κ1) is 13.1. The number of nitrogens with zero attached hydrogens (tertiary/aromatic N) is 3. The molecule has 1 aromatic carbocycles. The Bertz CT molecular complexity index is 737. The Morgan fingerprint density at radius 3 is 2.90 bits per heavy atom. The zero-order valence-electron chi connectivity index (χ0n) is 11.5. The van der Waals surface area contributed by atoms with Crippen LogP contribution >= 0.6 is 0 Å². The van der Waals surface area contributed by atoms with E-state index in [1.165, 1.54) is 0 Å². The fraction of sp³-hybridized carbons (Fsp3) is 0.133. The van der Waals surface area contributed by atoms with E-state index in [2.05, 4.69) is 15.1 Å². The average molecular weight is 282 g/mol. The fourth-order valence-corrected chi connectivity index (χ4v) is 1.94. The van der Waals surface area contributed by atoms with E-state index in [0.717, 1.165) is 16.9 Å². The largest absolute Gasteiger partial charge is 0.497 e. The van der Waals surface area contributed by atoms with Gasteiger partial charge in [-0.15, -0.1) is 0 Å². The molecule has 3 aromatic rings. The van der Waals surface area contributed by atoms with E-state index in [-0.39, 0.29) is 0 Å². The van der Waals surface area contributed by atoms with Gasteiger partial charge < -0.3 is 15.0 Å². The topological polar surface area (TPSA) is 87.1 Å². The summed E-state index contributed by atoms with van der Waals surface area (Å²) in [6.07, 6.45) is 2.18. The van der Waals surface area contributed by atoms with Gasteiger partial charge >= 0.3 is 0 Å². The summed E-state index contributed by atoms with van der Waals surface area (Å²) >= 11 is 0. The number of pyridine rings is 1. The summed E-state index contributed by atoms with van der Waals surface area (Å²) in [6.45, 7) is 0. The Morgan fingerprint density at radius 1 is 1.24 bits per heavy atom. The van der Waals surface area contributed by atoms with Crippen molar-refractivity contribution in [2.45, 2.75) is 6.42 Å². The van der Waals surface area contributed by atoms with E-state index < -0.39 is 0 Å². The van der Waals surface area contributed by atoms with E-state index in [9.17, 15) is 0 Å². The number of hydrogen-bond donors (Lipinski definition) is 1. The minimum Gasteiger partial charge on any atom is -0.497 e.